The van der Waals surface area contributed by atoms with Crippen LogP contribution in [0.5, 0.6) is 0 Å². The standard InChI is InChI=1S/C11H12O3/c12-10-5-9(6-10)7-2-1-3-8(4-7)11(13)14/h1-4,9-10,12H,5-6H2,(H,13,14). The molecule has 0 spiro atoms. The zero-order chi connectivity index (χ0) is 10.1. The zero-order valence-electron chi connectivity index (χ0n) is 7.68. The maximum Gasteiger partial charge on any atom is 0.335 e. The molecule has 0 saturated heterocycles. The van der Waals surface area contributed by atoms with Crippen molar-refractivity contribution in [3.05, 3.63) is 35.4 Å². The predicted molar refractivity (Wildman–Crippen MR) is 51.4 cm³/mol. The highest BCUT2D eigenvalue weighted by molar-refractivity contribution is 5.87. The molecular weight excluding hydrogens is 180 g/mol. The van der Waals surface area contributed by atoms with Crippen LogP contribution >= 0.6 is 0 Å². The van der Waals surface area contributed by atoms with Gasteiger partial charge in [0.25, 0.3) is 0 Å². The highest BCUT2D eigenvalue weighted by Crippen LogP contribution is 2.36. The number of carboxylic acid groups (broad SMARTS) is 1. The van der Waals surface area contributed by atoms with Gasteiger partial charge in [-0.3, -0.25) is 0 Å². The summed E-state index contributed by atoms with van der Waals surface area (Å²) in [5, 5.41) is 17.9. The first-order valence-corrected chi connectivity index (χ1v) is 4.68. The van der Waals surface area contributed by atoms with Crippen LogP contribution in [0.25, 0.3) is 0 Å². The van der Waals surface area contributed by atoms with Gasteiger partial charge in [-0.05, 0) is 36.5 Å². The molecule has 1 aromatic carbocycles. The quantitative estimate of drug-likeness (QED) is 0.748. The van der Waals surface area contributed by atoms with Gasteiger partial charge in [-0.15, -0.1) is 0 Å². The Balaban J connectivity index is 2.18. The van der Waals surface area contributed by atoms with Crippen molar-refractivity contribution < 1.29 is 15.0 Å². The lowest BCUT2D eigenvalue weighted by atomic mass is 9.77. The molecule has 2 N–H and O–H groups in total. The van der Waals surface area contributed by atoms with Gasteiger partial charge < -0.3 is 10.2 Å². The van der Waals surface area contributed by atoms with E-state index in [4.69, 9.17) is 10.2 Å². The minimum absolute atomic E-state index is 0.200. The summed E-state index contributed by atoms with van der Waals surface area (Å²) in [7, 11) is 0. The SMILES string of the molecule is O=C(O)c1cccc(C2CC(O)C2)c1. The Morgan fingerprint density at radius 3 is 2.64 bits per heavy atom. The Hall–Kier alpha value is -1.35. The molecule has 74 valence electrons. The van der Waals surface area contributed by atoms with Gasteiger partial charge in [-0.2, -0.15) is 0 Å². The van der Waals surface area contributed by atoms with E-state index in [1.807, 2.05) is 6.07 Å². The van der Waals surface area contributed by atoms with Crippen molar-refractivity contribution in [3.8, 4) is 0 Å². The second-order valence-electron chi connectivity index (χ2n) is 3.75. The molecule has 0 atom stereocenters. The molecule has 1 saturated carbocycles. The molecule has 1 aliphatic carbocycles. The highest BCUT2D eigenvalue weighted by atomic mass is 16.4. The van der Waals surface area contributed by atoms with Gasteiger partial charge in [0.1, 0.15) is 0 Å². The monoisotopic (exact) mass is 192 g/mol. The maximum absolute atomic E-state index is 10.7. The van der Waals surface area contributed by atoms with Gasteiger partial charge >= 0.3 is 5.97 Å². The van der Waals surface area contributed by atoms with Crippen molar-refractivity contribution >= 4 is 5.97 Å². The van der Waals surface area contributed by atoms with Gasteiger partial charge in [0.15, 0.2) is 0 Å². The maximum atomic E-state index is 10.7. The number of hydrogen-bond acceptors (Lipinski definition) is 2. The lowest BCUT2D eigenvalue weighted by molar-refractivity contribution is 0.0695. The number of hydrogen-bond donors (Lipinski definition) is 2. The molecule has 3 heteroatoms. The molecule has 14 heavy (non-hydrogen) atoms. The molecule has 0 unspecified atom stereocenters. The number of aliphatic hydroxyl groups excluding tert-OH is 1. The lowest BCUT2D eigenvalue weighted by Crippen LogP contribution is -2.26. The van der Waals surface area contributed by atoms with Crippen LogP contribution in [0.15, 0.2) is 24.3 Å². The molecule has 1 aromatic rings. The summed E-state index contributed by atoms with van der Waals surface area (Å²) >= 11 is 0. The summed E-state index contributed by atoms with van der Waals surface area (Å²) in [4.78, 5) is 10.7. The Labute approximate surface area is 82.0 Å². The Kier molecular flexibility index (Phi) is 2.25. The smallest absolute Gasteiger partial charge is 0.335 e. The average Bonchev–Trinajstić information content (AvgIpc) is 2.13. The molecule has 0 heterocycles. The van der Waals surface area contributed by atoms with Gasteiger partial charge in [-0.25, -0.2) is 4.79 Å². The third kappa shape index (κ3) is 1.63. The molecule has 0 aliphatic heterocycles. The third-order valence-corrected chi connectivity index (χ3v) is 2.72. The van der Waals surface area contributed by atoms with E-state index >= 15 is 0 Å². The number of benzene rings is 1. The van der Waals surface area contributed by atoms with E-state index in [9.17, 15) is 4.79 Å². The number of aromatic carboxylic acids is 1. The van der Waals surface area contributed by atoms with Crippen LogP contribution in [0.4, 0.5) is 0 Å². The van der Waals surface area contributed by atoms with Crippen molar-refractivity contribution in [2.24, 2.45) is 0 Å². The largest absolute Gasteiger partial charge is 0.478 e. The Morgan fingerprint density at radius 2 is 2.07 bits per heavy atom. The van der Waals surface area contributed by atoms with Crippen molar-refractivity contribution in [1.82, 2.24) is 0 Å². The summed E-state index contributed by atoms with van der Waals surface area (Å²) in [5.74, 6) is -0.559. The molecule has 3 nitrogen and oxygen atoms in total. The third-order valence-electron chi connectivity index (χ3n) is 2.72. The van der Waals surface area contributed by atoms with E-state index in [0.29, 0.717) is 11.5 Å². The molecule has 0 bridgehead atoms. The number of aliphatic hydroxyl groups is 1. The zero-order valence-corrected chi connectivity index (χ0v) is 7.68. The van der Waals surface area contributed by atoms with E-state index in [1.54, 1.807) is 18.2 Å². The van der Waals surface area contributed by atoms with Gasteiger partial charge in [0.2, 0.25) is 0 Å². The van der Waals surface area contributed by atoms with Crippen LogP contribution in [0.1, 0.15) is 34.7 Å². The van der Waals surface area contributed by atoms with Gasteiger partial charge in [-0.1, -0.05) is 12.1 Å². The molecule has 1 fully saturated rings. The molecule has 0 aromatic heterocycles. The predicted octanol–water partition coefficient (Wildman–Crippen LogP) is 1.62. The summed E-state index contributed by atoms with van der Waals surface area (Å²) < 4.78 is 0. The van der Waals surface area contributed by atoms with Crippen LogP contribution in [-0.4, -0.2) is 22.3 Å². The normalized spacial score (nSPS) is 25.5. The molecule has 0 amide bonds. The highest BCUT2D eigenvalue weighted by Gasteiger charge is 2.28. The number of carboxylic acids is 1. The second kappa shape index (κ2) is 3.42. The van der Waals surface area contributed by atoms with E-state index in [2.05, 4.69) is 0 Å². The second-order valence-corrected chi connectivity index (χ2v) is 3.75. The fourth-order valence-electron chi connectivity index (χ4n) is 1.79. The summed E-state index contributed by atoms with van der Waals surface area (Å²) in [5.41, 5.74) is 1.35. The molecular formula is C11H12O3. The van der Waals surface area contributed by atoms with E-state index < -0.39 is 5.97 Å². The average molecular weight is 192 g/mol. The summed E-state index contributed by atoms with van der Waals surface area (Å²) in [6, 6.07) is 6.95. The number of rotatable bonds is 2. The number of carbonyl (C=O) groups is 1. The van der Waals surface area contributed by atoms with Crippen LogP contribution in [0.2, 0.25) is 0 Å². The van der Waals surface area contributed by atoms with E-state index in [1.165, 1.54) is 0 Å². The van der Waals surface area contributed by atoms with E-state index in [-0.39, 0.29) is 6.10 Å². The summed E-state index contributed by atoms with van der Waals surface area (Å²) in [6.07, 6.45) is 1.31. The van der Waals surface area contributed by atoms with Crippen LogP contribution in [-0.2, 0) is 0 Å². The first-order valence-electron chi connectivity index (χ1n) is 4.68. The molecule has 1 aliphatic rings. The minimum Gasteiger partial charge on any atom is -0.478 e. The van der Waals surface area contributed by atoms with Gasteiger partial charge in [0.05, 0.1) is 11.7 Å². The van der Waals surface area contributed by atoms with Crippen molar-refractivity contribution in [3.63, 3.8) is 0 Å². The molecule has 0 radical (unpaired) electrons. The van der Waals surface area contributed by atoms with Crippen molar-refractivity contribution in [2.45, 2.75) is 24.9 Å². The minimum atomic E-state index is -0.897. The first-order chi connectivity index (χ1) is 6.66. The van der Waals surface area contributed by atoms with Crippen LogP contribution in [0, 0.1) is 0 Å². The van der Waals surface area contributed by atoms with Gasteiger partial charge in [0, 0.05) is 0 Å². The summed E-state index contributed by atoms with van der Waals surface area (Å²) in [6.45, 7) is 0. The Bertz CT molecular complexity index is 353. The van der Waals surface area contributed by atoms with Crippen LogP contribution < -0.4 is 0 Å². The van der Waals surface area contributed by atoms with Crippen molar-refractivity contribution in [2.75, 3.05) is 0 Å². The van der Waals surface area contributed by atoms with E-state index in [0.717, 1.165) is 18.4 Å². The first kappa shape index (κ1) is 9.21. The van der Waals surface area contributed by atoms with Crippen molar-refractivity contribution in [1.29, 1.82) is 0 Å². The van der Waals surface area contributed by atoms with Crippen LogP contribution in [0.3, 0.4) is 0 Å². The lowest BCUT2D eigenvalue weighted by Gasteiger charge is -2.31. The topological polar surface area (TPSA) is 57.5 Å². The molecule has 2 rings (SSSR count). The fourth-order valence-corrected chi connectivity index (χ4v) is 1.79. The fraction of sp³-hybridized carbons (Fsp3) is 0.364. The Morgan fingerprint density at radius 1 is 1.36 bits per heavy atom.